The Kier molecular flexibility index (Phi) is 7.45. The van der Waals surface area contributed by atoms with E-state index in [-0.39, 0.29) is 17.7 Å². The zero-order valence-electron chi connectivity index (χ0n) is 21.9. The van der Waals surface area contributed by atoms with Crippen LogP contribution in [0.2, 0.25) is 0 Å². The summed E-state index contributed by atoms with van der Waals surface area (Å²) >= 11 is 0. The summed E-state index contributed by atoms with van der Waals surface area (Å²) in [5.41, 5.74) is -0.957. The Hall–Kier alpha value is -3.34. The average Bonchev–Trinajstić information content (AvgIpc) is 3.81. The number of halogens is 6. The lowest BCUT2D eigenvalue weighted by Crippen LogP contribution is -2.47. The van der Waals surface area contributed by atoms with E-state index < -0.39 is 42.3 Å². The fourth-order valence-electron chi connectivity index (χ4n) is 5.28. The SMILES string of the molecule is COC(=O)N(Cc1cc(C(F)(F)F)cc(C(F)(F)F)c1)C(NC(C1CC1)C1CC1)c1cnc2c(C)cccc2c1. The van der Waals surface area contributed by atoms with Gasteiger partial charge in [-0.05, 0) is 79.8 Å². The molecule has 1 unspecified atom stereocenters. The van der Waals surface area contributed by atoms with Crippen molar-refractivity contribution >= 4 is 17.0 Å². The zero-order valence-corrected chi connectivity index (χ0v) is 21.9. The van der Waals surface area contributed by atoms with Crippen LogP contribution in [0.25, 0.3) is 10.9 Å². The van der Waals surface area contributed by atoms with Crippen molar-refractivity contribution < 1.29 is 35.9 Å². The van der Waals surface area contributed by atoms with E-state index in [2.05, 4.69) is 10.3 Å². The van der Waals surface area contributed by atoms with Crippen LogP contribution in [0.15, 0.2) is 48.7 Å². The van der Waals surface area contributed by atoms with E-state index in [1.54, 1.807) is 6.20 Å². The lowest BCUT2D eigenvalue weighted by atomic mass is 10.0. The molecule has 11 heteroatoms. The number of hydrogen-bond acceptors (Lipinski definition) is 4. The number of pyridine rings is 1. The van der Waals surface area contributed by atoms with E-state index in [4.69, 9.17) is 4.74 Å². The Morgan fingerprint density at radius 3 is 2.12 bits per heavy atom. The highest BCUT2D eigenvalue weighted by atomic mass is 19.4. The lowest BCUT2D eigenvalue weighted by molar-refractivity contribution is -0.143. The highest BCUT2D eigenvalue weighted by molar-refractivity contribution is 5.82. The lowest BCUT2D eigenvalue weighted by Gasteiger charge is -2.35. The van der Waals surface area contributed by atoms with Crippen molar-refractivity contribution in [1.29, 1.82) is 0 Å². The van der Waals surface area contributed by atoms with Crippen LogP contribution in [0.1, 0.15) is 59.7 Å². The Morgan fingerprint density at radius 2 is 1.60 bits per heavy atom. The maximum Gasteiger partial charge on any atom is 0.416 e. The molecule has 2 fully saturated rings. The Morgan fingerprint density at radius 1 is 1.00 bits per heavy atom. The molecule has 0 saturated heterocycles. The molecular formula is C29H29F6N3O2. The van der Waals surface area contributed by atoms with Crippen LogP contribution in [0.3, 0.4) is 0 Å². The third-order valence-corrected chi connectivity index (χ3v) is 7.58. The first-order chi connectivity index (χ1) is 18.8. The molecule has 2 aliphatic carbocycles. The minimum absolute atomic E-state index is 0.0395. The second kappa shape index (κ2) is 10.6. The number of ether oxygens (including phenoxy) is 1. The normalized spacial score (nSPS) is 16.8. The molecule has 1 amide bonds. The monoisotopic (exact) mass is 565 g/mol. The largest absolute Gasteiger partial charge is 0.453 e. The summed E-state index contributed by atoms with van der Waals surface area (Å²) in [6, 6.07) is 8.88. The molecule has 1 heterocycles. The molecule has 0 spiro atoms. The molecule has 1 aromatic heterocycles. The number of aryl methyl sites for hydroxylation is 1. The van der Waals surface area contributed by atoms with Crippen LogP contribution in [0.4, 0.5) is 31.1 Å². The number of hydrogen-bond donors (Lipinski definition) is 1. The van der Waals surface area contributed by atoms with Gasteiger partial charge in [-0.2, -0.15) is 26.3 Å². The first-order valence-corrected chi connectivity index (χ1v) is 13.1. The Bertz CT molecular complexity index is 1350. The number of methoxy groups -OCH3 is 1. The van der Waals surface area contributed by atoms with Crippen molar-refractivity contribution in [3.8, 4) is 0 Å². The van der Waals surface area contributed by atoms with Gasteiger partial charge in [-0.3, -0.25) is 15.2 Å². The predicted molar refractivity (Wildman–Crippen MR) is 136 cm³/mol. The predicted octanol–water partition coefficient (Wildman–Crippen LogP) is 7.63. The average molecular weight is 566 g/mol. The molecule has 214 valence electrons. The molecule has 5 nitrogen and oxygen atoms in total. The quantitative estimate of drug-likeness (QED) is 0.226. The standard InChI is InChI=1S/C29H29F6N3O2/c1-16-4-3-5-20-12-21(14-36-24(16)20)26(37-25(18-6-7-18)19-8-9-19)38(27(39)40-2)15-17-10-22(28(30,31)32)13-23(11-17)29(33,34)35/h3-5,10-14,18-19,25-26,37H,6-9,15H2,1-2H3. The number of carbonyl (C=O) groups is 1. The summed E-state index contributed by atoms with van der Waals surface area (Å²) < 4.78 is 86.4. The molecule has 2 aromatic carbocycles. The number of para-hydroxylation sites is 1. The number of carbonyl (C=O) groups excluding carboxylic acids is 1. The molecule has 0 radical (unpaired) electrons. The Labute approximate surface area is 227 Å². The zero-order chi connectivity index (χ0) is 28.8. The minimum atomic E-state index is -5.01. The smallest absolute Gasteiger partial charge is 0.416 e. The van der Waals surface area contributed by atoms with Gasteiger partial charge in [0.15, 0.2) is 0 Å². The van der Waals surface area contributed by atoms with E-state index in [9.17, 15) is 31.1 Å². The van der Waals surface area contributed by atoms with E-state index in [1.807, 2.05) is 31.2 Å². The number of benzene rings is 2. The van der Waals surface area contributed by atoms with Gasteiger partial charge in [0, 0.05) is 23.2 Å². The number of fused-ring (bicyclic) bond motifs is 1. The van der Waals surface area contributed by atoms with Gasteiger partial charge in [0.1, 0.15) is 6.17 Å². The van der Waals surface area contributed by atoms with Crippen LogP contribution in [-0.4, -0.2) is 29.1 Å². The number of nitrogens with zero attached hydrogens (tertiary/aromatic N) is 2. The molecule has 1 atom stereocenters. The summed E-state index contributed by atoms with van der Waals surface area (Å²) in [5.74, 6) is 0.770. The molecule has 3 aromatic rings. The van der Waals surface area contributed by atoms with Crippen molar-refractivity contribution in [3.05, 3.63) is 76.5 Å². The highest BCUT2D eigenvalue weighted by Crippen LogP contribution is 2.46. The Balaban J connectivity index is 1.59. The van der Waals surface area contributed by atoms with E-state index in [1.165, 1.54) is 0 Å². The van der Waals surface area contributed by atoms with Crippen molar-refractivity contribution in [2.75, 3.05) is 7.11 Å². The first kappa shape index (κ1) is 28.2. The number of nitrogens with one attached hydrogen (secondary N) is 1. The maximum atomic E-state index is 13.6. The van der Waals surface area contributed by atoms with Gasteiger partial charge in [0.25, 0.3) is 0 Å². The number of amides is 1. The summed E-state index contributed by atoms with van der Waals surface area (Å²) in [6.45, 7) is 1.36. The molecule has 1 N–H and O–H groups in total. The molecule has 2 aliphatic rings. The van der Waals surface area contributed by atoms with Gasteiger partial charge in [-0.15, -0.1) is 0 Å². The second-order valence-electron chi connectivity index (χ2n) is 10.7. The maximum absolute atomic E-state index is 13.6. The molecule has 5 rings (SSSR count). The second-order valence-corrected chi connectivity index (χ2v) is 10.7. The van der Waals surface area contributed by atoms with Gasteiger partial charge >= 0.3 is 18.4 Å². The fourth-order valence-corrected chi connectivity index (χ4v) is 5.28. The fraction of sp³-hybridized carbons (Fsp3) is 0.448. The van der Waals surface area contributed by atoms with Crippen molar-refractivity contribution in [2.24, 2.45) is 11.8 Å². The molecule has 0 bridgehead atoms. The van der Waals surface area contributed by atoms with Crippen LogP contribution in [-0.2, 0) is 23.6 Å². The van der Waals surface area contributed by atoms with E-state index >= 15 is 0 Å². The number of rotatable bonds is 8. The van der Waals surface area contributed by atoms with Gasteiger partial charge in [-0.1, -0.05) is 18.2 Å². The first-order valence-electron chi connectivity index (χ1n) is 13.1. The van der Waals surface area contributed by atoms with Crippen molar-refractivity contribution in [2.45, 2.75) is 63.7 Å². The molecule has 40 heavy (non-hydrogen) atoms. The number of aromatic nitrogens is 1. The van der Waals surface area contributed by atoms with Gasteiger partial charge in [-0.25, -0.2) is 4.79 Å². The van der Waals surface area contributed by atoms with Crippen LogP contribution < -0.4 is 5.32 Å². The number of alkyl halides is 6. The van der Waals surface area contributed by atoms with E-state index in [0.29, 0.717) is 29.5 Å². The summed E-state index contributed by atoms with van der Waals surface area (Å²) in [6.07, 6.45) is -6.17. The van der Waals surface area contributed by atoms with Crippen molar-refractivity contribution in [3.63, 3.8) is 0 Å². The van der Waals surface area contributed by atoms with Crippen LogP contribution >= 0.6 is 0 Å². The van der Waals surface area contributed by atoms with Crippen LogP contribution in [0.5, 0.6) is 0 Å². The third-order valence-electron chi connectivity index (χ3n) is 7.58. The molecular weight excluding hydrogens is 536 g/mol. The van der Waals surface area contributed by atoms with Crippen LogP contribution in [0, 0.1) is 18.8 Å². The molecule has 0 aliphatic heterocycles. The van der Waals surface area contributed by atoms with Gasteiger partial charge < -0.3 is 4.74 Å². The summed E-state index contributed by atoms with van der Waals surface area (Å²) in [7, 11) is 1.13. The highest BCUT2D eigenvalue weighted by Gasteiger charge is 2.44. The van der Waals surface area contributed by atoms with E-state index in [0.717, 1.165) is 54.2 Å². The van der Waals surface area contributed by atoms with Gasteiger partial charge in [0.05, 0.1) is 30.3 Å². The summed E-state index contributed by atoms with van der Waals surface area (Å²) in [4.78, 5) is 18.9. The third kappa shape index (κ3) is 6.19. The van der Waals surface area contributed by atoms with Gasteiger partial charge in [0.2, 0.25) is 0 Å². The van der Waals surface area contributed by atoms with Crippen molar-refractivity contribution in [1.82, 2.24) is 15.2 Å². The summed E-state index contributed by atoms with van der Waals surface area (Å²) in [5, 5.41) is 4.33. The topological polar surface area (TPSA) is 54.5 Å². The molecule has 2 saturated carbocycles. The minimum Gasteiger partial charge on any atom is -0.453 e.